The Morgan fingerprint density at radius 1 is 0.679 bits per heavy atom. The number of hydrogen-bond acceptors (Lipinski definition) is 3. The smallest absolute Gasteiger partial charge is 0.127 e. The first-order valence-corrected chi connectivity index (χ1v) is 20.5. The number of rotatable bonds is 5. The second kappa shape index (κ2) is 13.0. The molecular formula is C50H49NO2. The fourth-order valence-corrected chi connectivity index (χ4v) is 11.1. The normalized spacial score (nSPS) is 32.8. The molecule has 8 unspecified atom stereocenters. The van der Waals surface area contributed by atoms with Crippen LogP contribution >= 0.6 is 0 Å². The summed E-state index contributed by atoms with van der Waals surface area (Å²) in [5, 5.41) is 2.83. The first-order valence-electron chi connectivity index (χ1n) is 20.5. The Kier molecular flexibility index (Phi) is 7.77. The predicted octanol–water partition coefficient (Wildman–Crippen LogP) is 9.89. The fraction of sp³-hybridized carbons (Fsp3) is 0.360. The number of ether oxygens (including phenoxy) is 2. The van der Waals surface area contributed by atoms with Crippen molar-refractivity contribution in [2.45, 2.75) is 94.3 Å². The van der Waals surface area contributed by atoms with E-state index < -0.39 is 0 Å². The molecule has 53 heavy (non-hydrogen) atoms. The van der Waals surface area contributed by atoms with Crippen LogP contribution in [0.5, 0.6) is 5.75 Å². The molecule has 0 saturated heterocycles. The van der Waals surface area contributed by atoms with Crippen LogP contribution in [0.15, 0.2) is 150 Å². The quantitative estimate of drug-likeness (QED) is 0.291. The number of para-hydroxylation sites is 1. The van der Waals surface area contributed by atoms with Crippen molar-refractivity contribution in [3.05, 3.63) is 172 Å². The number of nitrogens with zero attached hydrogens (tertiary/aromatic N) is 1. The highest BCUT2D eigenvalue weighted by Gasteiger charge is 2.41. The van der Waals surface area contributed by atoms with Gasteiger partial charge in [0.1, 0.15) is 23.7 Å². The number of hydrogen-bond donors (Lipinski definition) is 0. The molecule has 11 rings (SSSR count). The van der Waals surface area contributed by atoms with Crippen molar-refractivity contribution in [2.24, 2.45) is 17.8 Å². The number of fused-ring (bicyclic) bond motifs is 7. The summed E-state index contributed by atoms with van der Waals surface area (Å²) in [6, 6.07) is 16.4. The molecule has 2 aliphatic heterocycles. The lowest BCUT2D eigenvalue weighted by Crippen LogP contribution is -2.44. The van der Waals surface area contributed by atoms with Gasteiger partial charge in [0.25, 0.3) is 0 Å². The molecule has 9 aliphatic rings. The van der Waals surface area contributed by atoms with E-state index in [9.17, 15) is 0 Å². The summed E-state index contributed by atoms with van der Waals surface area (Å²) in [6.45, 7) is 0. The molecule has 2 aromatic carbocycles. The van der Waals surface area contributed by atoms with Crippen molar-refractivity contribution < 1.29 is 9.47 Å². The van der Waals surface area contributed by atoms with Gasteiger partial charge in [0.2, 0.25) is 0 Å². The third-order valence-corrected chi connectivity index (χ3v) is 13.8. The molecule has 0 bridgehead atoms. The molecule has 0 fully saturated rings. The van der Waals surface area contributed by atoms with Crippen molar-refractivity contribution in [2.75, 3.05) is 0 Å². The predicted molar refractivity (Wildman–Crippen MR) is 214 cm³/mol. The Labute approximate surface area is 314 Å². The van der Waals surface area contributed by atoms with Gasteiger partial charge in [-0.25, -0.2) is 0 Å². The van der Waals surface area contributed by atoms with Crippen LogP contribution in [0.25, 0.3) is 11.3 Å². The number of allylic oxidation sites excluding steroid dienone is 11. The summed E-state index contributed by atoms with van der Waals surface area (Å²) >= 11 is 0. The Bertz CT molecular complexity index is 2270. The molecule has 8 atom stereocenters. The van der Waals surface area contributed by atoms with Gasteiger partial charge in [-0.2, -0.15) is 0 Å². The maximum absolute atomic E-state index is 6.80. The van der Waals surface area contributed by atoms with Crippen LogP contribution < -0.4 is 15.2 Å². The minimum Gasteiger partial charge on any atom is -0.489 e. The third kappa shape index (κ3) is 5.37. The zero-order valence-electron chi connectivity index (χ0n) is 30.6. The fourth-order valence-electron chi connectivity index (χ4n) is 11.1. The highest BCUT2D eigenvalue weighted by atomic mass is 16.5. The van der Waals surface area contributed by atoms with E-state index in [1.165, 1.54) is 75.5 Å². The summed E-state index contributed by atoms with van der Waals surface area (Å²) in [5.41, 5.74) is 10.3. The Balaban J connectivity index is 0.926. The molecule has 2 heterocycles. The minimum atomic E-state index is 0.127. The molecule has 3 nitrogen and oxygen atoms in total. The highest BCUT2D eigenvalue weighted by Crippen LogP contribution is 2.51. The van der Waals surface area contributed by atoms with Crippen molar-refractivity contribution >= 4 is 11.3 Å². The highest BCUT2D eigenvalue weighted by molar-refractivity contribution is 5.68. The van der Waals surface area contributed by atoms with Crippen molar-refractivity contribution in [3.63, 3.8) is 0 Å². The Morgan fingerprint density at radius 3 is 2.47 bits per heavy atom. The van der Waals surface area contributed by atoms with Gasteiger partial charge in [-0.15, -0.1) is 0 Å². The maximum atomic E-state index is 6.80. The van der Waals surface area contributed by atoms with Crippen LogP contribution in [-0.2, 0) is 4.74 Å². The second-order valence-electron chi connectivity index (χ2n) is 16.6. The van der Waals surface area contributed by atoms with Crippen molar-refractivity contribution in [1.29, 1.82) is 0 Å². The van der Waals surface area contributed by atoms with Crippen molar-refractivity contribution in [3.8, 4) is 5.75 Å². The molecule has 0 spiro atoms. The molecular weight excluding hydrogens is 647 g/mol. The van der Waals surface area contributed by atoms with Crippen LogP contribution in [0.3, 0.4) is 0 Å². The summed E-state index contributed by atoms with van der Waals surface area (Å²) in [7, 11) is 0. The summed E-state index contributed by atoms with van der Waals surface area (Å²) in [6.07, 6.45) is 44.9. The third-order valence-electron chi connectivity index (χ3n) is 13.8. The first kappa shape index (κ1) is 31.7. The van der Waals surface area contributed by atoms with Gasteiger partial charge in [-0.05, 0) is 116 Å². The lowest BCUT2D eigenvalue weighted by atomic mass is 9.77. The summed E-state index contributed by atoms with van der Waals surface area (Å²) in [5.74, 6) is 4.57. The van der Waals surface area contributed by atoms with E-state index in [1.54, 1.807) is 5.57 Å². The summed E-state index contributed by atoms with van der Waals surface area (Å²) < 4.78 is 13.3. The Hall–Kier alpha value is -4.76. The van der Waals surface area contributed by atoms with Crippen LogP contribution in [-0.4, -0.2) is 23.1 Å². The molecule has 0 saturated carbocycles. The zero-order valence-corrected chi connectivity index (χ0v) is 30.6. The van der Waals surface area contributed by atoms with E-state index in [-0.39, 0.29) is 18.2 Å². The summed E-state index contributed by atoms with van der Waals surface area (Å²) in [4.78, 5) is 2.74. The molecule has 0 amide bonds. The van der Waals surface area contributed by atoms with E-state index in [0.717, 1.165) is 44.3 Å². The molecule has 7 aliphatic carbocycles. The van der Waals surface area contributed by atoms with E-state index in [1.807, 2.05) is 0 Å². The lowest BCUT2D eigenvalue weighted by molar-refractivity contribution is 0.173. The van der Waals surface area contributed by atoms with Crippen LogP contribution in [0.2, 0.25) is 0 Å². The van der Waals surface area contributed by atoms with Gasteiger partial charge in [0.15, 0.2) is 0 Å². The van der Waals surface area contributed by atoms with Crippen LogP contribution in [0, 0.1) is 17.8 Å². The first-order chi connectivity index (χ1) is 26.3. The van der Waals surface area contributed by atoms with Gasteiger partial charge in [-0.3, -0.25) is 0 Å². The average Bonchev–Trinajstić information content (AvgIpc) is 3.79. The van der Waals surface area contributed by atoms with Gasteiger partial charge < -0.3 is 14.4 Å². The zero-order chi connectivity index (χ0) is 34.9. The van der Waals surface area contributed by atoms with Gasteiger partial charge in [0.05, 0.1) is 6.04 Å². The molecule has 0 N–H and O–H groups in total. The van der Waals surface area contributed by atoms with E-state index in [4.69, 9.17) is 9.47 Å². The van der Waals surface area contributed by atoms with E-state index >= 15 is 0 Å². The lowest BCUT2D eigenvalue weighted by Gasteiger charge is -2.41. The SMILES string of the molecule is C1=CC2OC3=C(CC(N(C4=CCC(C5=CC6c7cccc(C8CC=CCC8)c7OC6CC5)C=C4)C4=c5ccccc5=C5C=CCCC5C4)C=C3)C2C=C1. The average molecular weight is 696 g/mol. The van der Waals surface area contributed by atoms with Crippen LogP contribution in [0.4, 0.5) is 0 Å². The molecule has 0 radical (unpaired) electrons. The largest absolute Gasteiger partial charge is 0.489 e. The molecule has 0 aromatic heterocycles. The van der Waals surface area contributed by atoms with Crippen LogP contribution in [0.1, 0.15) is 87.2 Å². The monoisotopic (exact) mass is 695 g/mol. The molecule has 266 valence electrons. The van der Waals surface area contributed by atoms with Crippen molar-refractivity contribution in [1.82, 2.24) is 4.90 Å². The number of benzene rings is 2. The van der Waals surface area contributed by atoms with E-state index in [2.05, 4.69) is 132 Å². The Morgan fingerprint density at radius 2 is 1.57 bits per heavy atom. The second-order valence-corrected chi connectivity index (χ2v) is 16.6. The molecule has 3 heteroatoms. The molecule has 2 aromatic rings. The standard InChI is InChI=1S/C50H49NO2/c1-2-11-33(12-3-1)39-18-10-19-43-44-29-34(23-27-49(44)53-50(39)43)32-21-24-36(25-22-32)51(37-26-28-48-45(31-37)42-17-8-9-20-47(42)52-48)46-30-35-13-4-5-14-38(35)40-15-6-7-16-41(40)46/h1-2,5-10,14-21,24-26,28-29,32-33,35,37,42,44,47,49H,3-4,11-13,22-23,27,30-31H2. The van der Waals surface area contributed by atoms with Gasteiger partial charge >= 0.3 is 0 Å². The van der Waals surface area contributed by atoms with E-state index in [0.29, 0.717) is 29.6 Å². The van der Waals surface area contributed by atoms with Gasteiger partial charge in [-0.1, -0.05) is 115 Å². The topological polar surface area (TPSA) is 21.7 Å². The minimum absolute atomic E-state index is 0.127. The van der Waals surface area contributed by atoms with Gasteiger partial charge in [0, 0.05) is 39.9 Å². The maximum Gasteiger partial charge on any atom is 0.127 e.